The van der Waals surface area contributed by atoms with Crippen LogP contribution < -0.4 is 10.1 Å². The summed E-state index contributed by atoms with van der Waals surface area (Å²) in [5, 5.41) is 11.1. The lowest BCUT2D eigenvalue weighted by atomic mass is 10.2. The summed E-state index contributed by atoms with van der Waals surface area (Å²) < 4.78 is 5.45. The van der Waals surface area contributed by atoms with Crippen LogP contribution in [0, 0.1) is 0 Å². The van der Waals surface area contributed by atoms with Gasteiger partial charge in [0.1, 0.15) is 12.3 Å². The van der Waals surface area contributed by atoms with Crippen molar-refractivity contribution in [2.24, 2.45) is 0 Å². The van der Waals surface area contributed by atoms with Crippen molar-refractivity contribution >= 4 is 23.5 Å². The summed E-state index contributed by atoms with van der Waals surface area (Å²) in [6.45, 7) is 1.34. The summed E-state index contributed by atoms with van der Waals surface area (Å²) in [6.07, 6.45) is -0.347. The fraction of sp³-hybridized carbons (Fsp3) is 0.333. The number of ether oxygens (including phenoxy) is 1. The Balaban J connectivity index is 2.64. The van der Waals surface area contributed by atoms with E-state index in [1.165, 1.54) is 0 Å². The second-order valence-electron chi connectivity index (χ2n) is 3.56. The number of para-hydroxylation sites is 1. The van der Waals surface area contributed by atoms with Crippen LogP contribution in [-0.4, -0.2) is 29.6 Å². The van der Waals surface area contributed by atoms with E-state index in [0.29, 0.717) is 17.2 Å². The lowest BCUT2D eigenvalue weighted by molar-refractivity contribution is -0.139. The second kappa shape index (κ2) is 6.86. The van der Waals surface area contributed by atoms with Crippen molar-refractivity contribution in [3.63, 3.8) is 0 Å². The second-order valence-corrected chi connectivity index (χ2v) is 3.96. The molecule has 0 saturated heterocycles. The molecule has 1 unspecified atom stereocenters. The predicted octanol–water partition coefficient (Wildman–Crippen LogP) is 1.70. The number of carboxylic acid groups (broad SMARTS) is 1. The molecule has 0 heterocycles. The first-order valence-corrected chi connectivity index (χ1v) is 5.83. The van der Waals surface area contributed by atoms with Gasteiger partial charge in [-0.3, -0.25) is 9.59 Å². The van der Waals surface area contributed by atoms with E-state index in [0.717, 1.165) is 0 Å². The molecule has 1 aromatic rings. The summed E-state index contributed by atoms with van der Waals surface area (Å²) in [5.74, 6) is -1.17. The fourth-order valence-electron chi connectivity index (χ4n) is 1.29. The van der Waals surface area contributed by atoms with Gasteiger partial charge < -0.3 is 15.2 Å². The number of nitrogens with one attached hydrogen (secondary N) is 1. The third-order valence-electron chi connectivity index (χ3n) is 2.18. The molecule has 98 valence electrons. The van der Waals surface area contributed by atoms with E-state index in [9.17, 15) is 9.59 Å². The standard InChI is InChI=1S/C12H14ClNO4/c1-2-9(12(17)14-7-11(15)16)18-10-6-4-3-5-8(10)13/h3-6,9H,2,7H2,1H3,(H,14,17)(H,15,16). The van der Waals surface area contributed by atoms with Crippen molar-refractivity contribution in [1.82, 2.24) is 5.32 Å². The van der Waals surface area contributed by atoms with E-state index >= 15 is 0 Å². The molecule has 2 N–H and O–H groups in total. The molecule has 0 aliphatic carbocycles. The first-order valence-electron chi connectivity index (χ1n) is 5.45. The van der Waals surface area contributed by atoms with Gasteiger partial charge in [-0.1, -0.05) is 30.7 Å². The Kier molecular flexibility index (Phi) is 5.45. The Bertz CT molecular complexity index is 436. The van der Waals surface area contributed by atoms with Crippen LogP contribution >= 0.6 is 11.6 Å². The normalized spacial score (nSPS) is 11.7. The van der Waals surface area contributed by atoms with Gasteiger partial charge in [-0.2, -0.15) is 0 Å². The minimum atomic E-state index is -1.10. The van der Waals surface area contributed by atoms with E-state index in [2.05, 4.69) is 5.32 Å². The Morgan fingerprint density at radius 3 is 2.67 bits per heavy atom. The molecule has 6 heteroatoms. The third-order valence-corrected chi connectivity index (χ3v) is 2.50. The molecular weight excluding hydrogens is 258 g/mol. The smallest absolute Gasteiger partial charge is 0.322 e. The molecule has 1 atom stereocenters. The zero-order chi connectivity index (χ0) is 13.5. The minimum Gasteiger partial charge on any atom is -0.480 e. The molecule has 0 bridgehead atoms. The van der Waals surface area contributed by atoms with Gasteiger partial charge in [-0.05, 0) is 18.6 Å². The number of benzene rings is 1. The van der Waals surface area contributed by atoms with E-state index in [4.69, 9.17) is 21.4 Å². The van der Waals surface area contributed by atoms with E-state index in [1.54, 1.807) is 31.2 Å². The number of carboxylic acids is 1. The van der Waals surface area contributed by atoms with Crippen LogP contribution in [0.15, 0.2) is 24.3 Å². The number of hydrogen-bond donors (Lipinski definition) is 2. The highest BCUT2D eigenvalue weighted by molar-refractivity contribution is 6.32. The van der Waals surface area contributed by atoms with Gasteiger partial charge >= 0.3 is 5.97 Å². The number of carbonyl (C=O) groups excluding carboxylic acids is 1. The maximum atomic E-state index is 11.7. The van der Waals surface area contributed by atoms with Gasteiger partial charge in [0, 0.05) is 0 Å². The maximum Gasteiger partial charge on any atom is 0.322 e. The van der Waals surface area contributed by atoms with Gasteiger partial charge in [0.15, 0.2) is 6.10 Å². The third kappa shape index (κ3) is 4.25. The van der Waals surface area contributed by atoms with E-state index < -0.39 is 24.5 Å². The Labute approximate surface area is 110 Å². The highest BCUT2D eigenvalue weighted by Crippen LogP contribution is 2.24. The molecule has 18 heavy (non-hydrogen) atoms. The number of carbonyl (C=O) groups is 2. The highest BCUT2D eigenvalue weighted by Gasteiger charge is 2.19. The van der Waals surface area contributed by atoms with Crippen molar-refractivity contribution in [2.45, 2.75) is 19.4 Å². The zero-order valence-corrected chi connectivity index (χ0v) is 10.6. The fourth-order valence-corrected chi connectivity index (χ4v) is 1.47. The molecule has 5 nitrogen and oxygen atoms in total. The Hall–Kier alpha value is -1.75. The maximum absolute atomic E-state index is 11.7. The van der Waals surface area contributed by atoms with Crippen LogP contribution in [0.1, 0.15) is 13.3 Å². The molecule has 1 amide bonds. The largest absolute Gasteiger partial charge is 0.480 e. The van der Waals surface area contributed by atoms with Gasteiger partial charge in [0.05, 0.1) is 5.02 Å². The summed E-state index contributed by atoms with van der Waals surface area (Å²) in [4.78, 5) is 22.0. The average molecular weight is 272 g/mol. The van der Waals surface area contributed by atoms with Crippen LogP contribution in [0.2, 0.25) is 5.02 Å². The molecule has 0 fully saturated rings. The minimum absolute atomic E-state index is 0.400. The lowest BCUT2D eigenvalue weighted by Crippen LogP contribution is -2.40. The number of hydrogen-bond acceptors (Lipinski definition) is 3. The number of rotatable bonds is 6. The van der Waals surface area contributed by atoms with Crippen LogP contribution in [0.3, 0.4) is 0 Å². The molecule has 0 aliphatic rings. The summed E-state index contributed by atoms with van der Waals surface area (Å²) in [6, 6.07) is 6.79. The van der Waals surface area contributed by atoms with Crippen molar-refractivity contribution in [2.75, 3.05) is 6.54 Å². The number of halogens is 1. The van der Waals surface area contributed by atoms with Gasteiger partial charge in [-0.25, -0.2) is 0 Å². The average Bonchev–Trinajstić information content (AvgIpc) is 2.35. The molecule has 0 aliphatic heterocycles. The Morgan fingerprint density at radius 1 is 1.44 bits per heavy atom. The van der Waals surface area contributed by atoms with Crippen LogP contribution in [0.5, 0.6) is 5.75 Å². The van der Waals surface area contributed by atoms with Crippen molar-refractivity contribution in [3.8, 4) is 5.75 Å². The molecule has 1 rings (SSSR count). The molecule has 0 spiro atoms. The monoisotopic (exact) mass is 271 g/mol. The first kappa shape index (κ1) is 14.3. The van der Waals surface area contributed by atoms with Gasteiger partial charge in [0.2, 0.25) is 0 Å². The molecular formula is C12H14ClNO4. The molecule has 0 radical (unpaired) electrons. The van der Waals surface area contributed by atoms with Crippen LogP contribution in [0.25, 0.3) is 0 Å². The zero-order valence-electron chi connectivity index (χ0n) is 9.85. The Morgan fingerprint density at radius 2 is 2.11 bits per heavy atom. The topological polar surface area (TPSA) is 75.6 Å². The van der Waals surface area contributed by atoms with Crippen molar-refractivity contribution in [1.29, 1.82) is 0 Å². The van der Waals surface area contributed by atoms with Gasteiger partial charge in [0.25, 0.3) is 5.91 Å². The van der Waals surface area contributed by atoms with Crippen molar-refractivity contribution in [3.05, 3.63) is 29.3 Å². The summed E-state index contributed by atoms with van der Waals surface area (Å²) >= 11 is 5.91. The number of amides is 1. The molecule has 0 aromatic heterocycles. The van der Waals surface area contributed by atoms with Crippen LogP contribution in [0.4, 0.5) is 0 Å². The molecule has 1 aromatic carbocycles. The summed E-state index contributed by atoms with van der Waals surface area (Å²) in [5.41, 5.74) is 0. The first-order chi connectivity index (χ1) is 8.54. The van der Waals surface area contributed by atoms with Crippen molar-refractivity contribution < 1.29 is 19.4 Å². The predicted molar refractivity (Wildman–Crippen MR) is 66.8 cm³/mol. The quantitative estimate of drug-likeness (QED) is 0.826. The lowest BCUT2D eigenvalue weighted by Gasteiger charge is -2.17. The molecule has 0 saturated carbocycles. The van der Waals surface area contributed by atoms with Crippen LogP contribution in [-0.2, 0) is 9.59 Å². The van der Waals surface area contributed by atoms with Gasteiger partial charge in [-0.15, -0.1) is 0 Å². The van der Waals surface area contributed by atoms with E-state index in [-0.39, 0.29) is 0 Å². The van der Waals surface area contributed by atoms with E-state index in [1.807, 2.05) is 0 Å². The SMILES string of the molecule is CCC(Oc1ccccc1Cl)C(=O)NCC(=O)O. The highest BCUT2D eigenvalue weighted by atomic mass is 35.5. The number of aliphatic carboxylic acids is 1. The summed E-state index contributed by atoms with van der Waals surface area (Å²) in [7, 11) is 0.